The molecule has 0 aliphatic heterocycles. The van der Waals surface area contributed by atoms with Crippen LogP contribution < -0.4 is 0 Å². The molecule has 0 spiro atoms. The summed E-state index contributed by atoms with van der Waals surface area (Å²) in [5.41, 5.74) is 0.417. The summed E-state index contributed by atoms with van der Waals surface area (Å²) < 4.78 is 11.3. The van der Waals surface area contributed by atoms with E-state index in [1.54, 1.807) is 17.2 Å². The summed E-state index contributed by atoms with van der Waals surface area (Å²) in [5.74, 6) is -0.114. The molecule has 20 heavy (non-hydrogen) atoms. The van der Waals surface area contributed by atoms with Crippen molar-refractivity contribution in [3.05, 3.63) is 28.5 Å². The maximum Gasteiger partial charge on any atom is 0.273 e. The lowest BCUT2D eigenvalue weighted by Crippen LogP contribution is -2.37. The van der Waals surface area contributed by atoms with Gasteiger partial charge in [-0.25, -0.2) is 4.98 Å². The first kappa shape index (κ1) is 17.1. The van der Waals surface area contributed by atoms with Crippen molar-refractivity contribution >= 4 is 21.8 Å². The average molecular weight is 345 g/mol. The van der Waals surface area contributed by atoms with Gasteiger partial charge in [0.1, 0.15) is 5.69 Å². The van der Waals surface area contributed by atoms with E-state index in [0.717, 1.165) is 0 Å². The van der Waals surface area contributed by atoms with Crippen molar-refractivity contribution in [2.75, 3.05) is 39.5 Å². The Balaban J connectivity index is 2.69. The maximum atomic E-state index is 12.5. The predicted molar refractivity (Wildman–Crippen MR) is 80.8 cm³/mol. The number of pyridine rings is 1. The first-order chi connectivity index (χ1) is 9.70. The minimum Gasteiger partial charge on any atom is -0.380 e. The molecule has 0 atom stereocenters. The second-order valence-corrected chi connectivity index (χ2v) is 4.87. The Morgan fingerprint density at radius 3 is 2.35 bits per heavy atom. The molecular weight excluding hydrogens is 324 g/mol. The van der Waals surface area contributed by atoms with E-state index in [1.807, 2.05) is 19.9 Å². The lowest BCUT2D eigenvalue weighted by atomic mass is 10.3. The fraction of sp³-hybridized carbons (Fsp3) is 0.571. The zero-order valence-electron chi connectivity index (χ0n) is 12.0. The molecule has 0 fully saturated rings. The van der Waals surface area contributed by atoms with E-state index in [4.69, 9.17) is 9.47 Å². The maximum absolute atomic E-state index is 12.5. The number of aromatic nitrogens is 1. The van der Waals surface area contributed by atoms with Crippen molar-refractivity contribution in [2.45, 2.75) is 13.8 Å². The van der Waals surface area contributed by atoms with E-state index >= 15 is 0 Å². The molecule has 0 unspecified atom stereocenters. The van der Waals surface area contributed by atoms with Gasteiger partial charge in [0, 0.05) is 37.0 Å². The zero-order valence-corrected chi connectivity index (χ0v) is 13.6. The second-order valence-electron chi connectivity index (χ2n) is 4.02. The van der Waals surface area contributed by atoms with Gasteiger partial charge in [-0.3, -0.25) is 4.79 Å². The highest BCUT2D eigenvalue weighted by Gasteiger charge is 2.19. The molecular formula is C14H21BrN2O3. The van der Waals surface area contributed by atoms with Gasteiger partial charge in [-0.1, -0.05) is 0 Å². The smallest absolute Gasteiger partial charge is 0.273 e. The molecule has 0 N–H and O–H groups in total. The normalized spacial score (nSPS) is 10.6. The number of hydrogen-bond donors (Lipinski definition) is 0. The van der Waals surface area contributed by atoms with Crippen LogP contribution in [0, 0.1) is 0 Å². The van der Waals surface area contributed by atoms with E-state index in [1.165, 1.54) is 0 Å². The molecule has 0 radical (unpaired) electrons. The van der Waals surface area contributed by atoms with Gasteiger partial charge >= 0.3 is 0 Å². The van der Waals surface area contributed by atoms with Crippen LogP contribution in [0.15, 0.2) is 22.8 Å². The van der Waals surface area contributed by atoms with Gasteiger partial charge in [0.05, 0.1) is 13.2 Å². The number of halogens is 1. The monoisotopic (exact) mass is 344 g/mol. The molecule has 0 saturated carbocycles. The Bertz CT molecular complexity index is 405. The SMILES string of the molecule is CCOCCN(CCOCC)C(=O)c1ncccc1Br. The van der Waals surface area contributed by atoms with E-state index in [0.29, 0.717) is 49.7 Å². The number of nitrogens with zero attached hydrogens (tertiary/aromatic N) is 2. The molecule has 0 saturated heterocycles. The van der Waals surface area contributed by atoms with E-state index < -0.39 is 0 Å². The van der Waals surface area contributed by atoms with Crippen molar-refractivity contribution in [2.24, 2.45) is 0 Å². The van der Waals surface area contributed by atoms with Gasteiger partial charge in [-0.05, 0) is 41.9 Å². The predicted octanol–water partition coefficient (Wildman–Crippen LogP) is 2.36. The van der Waals surface area contributed by atoms with Crippen LogP contribution in [0.3, 0.4) is 0 Å². The second kappa shape index (κ2) is 9.85. The summed E-state index contributed by atoms with van der Waals surface area (Å²) in [6.07, 6.45) is 1.61. The molecule has 1 heterocycles. The molecule has 1 amide bonds. The van der Waals surface area contributed by atoms with E-state index in [-0.39, 0.29) is 5.91 Å². The third-order valence-corrected chi connectivity index (χ3v) is 3.31. The van der Waals surface area contributed by atoms with E-state index in [2.05, 4.69) is 20.9 Å². The molecule has 1 aromatic rings. The first-order valence-corrected chi connectivity index (χ1v) is 7.55. The molecule has 1 rings (SSSR count). The van der Waals surface area contributed by atoms with Crippen LogP contribution in [0.2, 0.25) is 0 Å². The summed E-state index contributed by atoms with van der Waals surface area (Å²) in [5, 5.41) is 0. The van der Waals surface area contributed by atoms with Crippen LogP contribution >= 0.6 is 15.9 Å². The third kappa shape index (κ3) is 5.56. The molecule has 5 nitrogen and oxygen atoms in total. The number of amides is 1. The van der Waals surface area contributed by atoms with Gasteiger partial charge < -0.3 is 14.4 Å². The lowest BCUT2D eigenvalue weighted by Gasteiger charge is -2.22. The number of ether oxygens (including phenoxy) is 2. The van der Waals surface area contributed by atoms with Crippen molar-refractivity contribution in [3.8, 4) is 0 Å². The van der Waals surface area contributed by atoms with Gasteiger partial charge in [-0.2, -0.15) is 0 Å². The molecule has 112 valence electrons. The molecule has 0 aliphatic carbocycles. The van der Waals surface area contributed by atoms with Crippen molar-refractivity contribution in [3.63, 3.8) is 0 Å². The summed E-state index contributed by atoms with van der Waals surface area (Å²) in [4.78, 5) is 18.3. The Kier molecular flexibility index (Phi) is 8.41. The number of carbonyl (C=O) groups excluding carboxylic acids is 1. The Morgan fingerprint density at radius 1 is 1.25 bits per heavy atom. The minimum absolute atomic E-state index is 0.114. The summed E-state index contributed by atoms with van der Waals surface area (Å²) in [6, 6.07) is 3.59. The summed E-state index contributed by atoms with van der Waals surface area (Å²) >= 11 is 3.36. The van der Waals surface area contributed by atoms with Crippen LogP contribution in [0.1, 0.15) is 24.3 Å². The number of carbonyl (C=O) groups is 1. The van der Waals surface area contributed by atoms with Crippen molar-refractivity contribution in [1.82, 2.24) is 9.88 Å². The third-order valence-electron chi connectivity index (χ3n) is 2.67. The highest BCUT2D eigenvalue weighted by atomic mass is 79.9. The van der Waals surface area contributed by atoms with Gasteiger partial charge in [-0.15, -0.1) is 0 Å². The fourth-order valence-corrected chi connectivity index (χ4v) is 2.07. The quantitative estimate of drug-likeness (QED) is 0.645. The standard InChI is InChI=1S/C14H21BrN2O3/c1-3-19-10-8-17(9-11-20-4-2)14(18)13-12(15)6-5-7-16-13/h5-7H,3-4,8-11H2,1-2H3. The molecule has 0 aliphatic rings. The van der Waals surface area contributed by atoms with Crippen molar-refractivity contribution in [1.29, 1.82) is 0 Å². The Labute approximate surface area is 128 Å². The summed E-state index contributed by atoms with van der Waals surface area (Å²) in [6.45, 7) is 7.23. The van der Waals surface area contributed by atoms with Crippen LogP contribution in [-0.2, 0) is 9.47 Å². The molecule has 0 aromatic carbocycles. The van der Waals surface area contributed by atoms with E-state index in [9.17, 15) is 4.79 Å². The van der Waals surface area contributed by atoms with Gasteiger partial charge in [0.25, 0.3) is 5.91 Å². The largest absolute Gasteiger partial charge is 0.380 e. The Morgan fingerprint density at radius 2 is 1.85 bits per heavy atom. The van der Waals surface area contributed by atoms with Crippen LogP contribution in [-0.4, -0.2) is 55.3 Å². The van der Waals surface area contributed by atoms with Crippen LogP contribution in [0.4, 0.5) is 0 Å². The topological polar surface area (TPSA) is 51.7 Å². The van der Waals surface area contributed by atoms with Crippen LogP contribution in [0.25, 0.3) is 0 Å². The number of rotatable bonds is 9. The molecule has 1 aromatic heterocycles. The average Bonchev–Trinajstić information content (AvgIpc) is 2.46. The first-order valence-electron chi connectivity index (χ1n) is 6.76. The van der Waals surface area contributed by atoms with Crippen LogP contribution in [0.5, 0.6) is 0 Å². The molecule has 0 bridgehead atoms. The fourth-order valence-electron chi connectivity index (χ4n) is 1.65. The highest BCUT2D eigenvalue weighted by molar-refractivity contribution is 9.10. The number of hydrogen-bond acceptors (Lipinski definition) is 4. The highest BCUT2D eigenvalue weighted by Crippen LogP contribution is 2.15. The summed E-state index contributed by atoms with van der Waals surface area (Å²) in [7, 11) is 0. The van der Waals surface area contributed by atoms with Gasteiger partial charge in [0.2, 0.25) is 0 Å². The minimum atomic E-state index is -0.114. The zero-order chi connectivity index (χ0) is 14.8. The van der Waals surface area contributed by atoms with Gasteiger partial charge in [0.15, 0.2) is 0 Å². The Hall–Kier alpha value is -0.980. The lowest BCUT2D eigenvalue weighted by molar-refractivity contribution is 0.0544. The van der Waals surface area contributed by atoms with Crippen molar-refractivity contribution < 1.29 is 14.3 Å². The molecule has 6 heteroatoms.